The number of carboxylic acid groups (broad SMARTS) is 3. The van der Waals surface area contributed by atoms with E-state index in [4.69, 9.17) is 9.47 Å². The van der Waals surface area contributed by atoms with Crippen LogP contribution in [0.15, 0.2) is 9.59 Å². The van der Waals surface area contributed by atoms with Gasteiger partial charge in [0.25, 0.3) is 10.9 Å². The van der Waals surface area contributed by atoms with Gasteiger partial charge >= 0.3 is 17.9 Å². The number of hydrogen-bond acceptors (Lipinski definition) is 15. The highest BCUT2D eigenvalue weighted by Gasteiger charge is 2.28. The number of nitrogens with one attached hydrogen (secondary N) is 2. The molecule has 0 aromatic heterocycles. The summed E-state index contributed by atoms with van der Waals surface area (Å²) in [6.07, 6.45) is 1.65. The van der Waals surface area contributed by atoms with Gasteiger partial charge in [-0.05, 0) is 12.8 Å². The third kappa shape index (κ3) is 15.5. The Kier molecular flexibility index (Phi) is 19.2. The van der Waals surface area contributed by atoms with E-state index < -0.39 is 34.8 Å². The molecule has 1 aromatic carbocycles. The smallest absolute Gasteiger partial charge is 0.320 e. The van der Waals surface area contributed by atoms with Gasteiger partial charge in [-0.1, -0.05) is 6.92 Å². The Morgan fingerprint density at radius 2 is 1.27 bits per heavy atom. The lowest BCUT2D eigenvalue weighted by Crippen LogP contribution is -2.51. The van der Waals surface area contributed by atoms with Crippen LogP contribution in [-0.4, -0.2) is 182 Å². The molecule has 1 saturated heterocycles. The highest BCUT2D eigenvalue weighted by Crippen LogP contribution is 2.15. The molecule has 1 aromatic rings. The van der Waals surface area contributed by atoms with E-state index in [1.54, 1.807) is 21.6 Å². The molecule has 5 N–H and O–H groups in total. The average molecular weight is 699 g/mol. The Morgan fingerprint density at radius 3 is 1.80 bits per heavy atom. The second kappa shape index (κ2) is 22.8. The van der Waals surface area contributed by atoms with Crippen LogP contribution in [0.1, 0.15) is 26.2 Å². The van der Waals surface area contributed by atoms with E-state index in [1.165, 1.54) is 0 Å². The zero-order valence-electron chi connectivity index (χ0n) is 28.1. The number of aldehydes is 1. The van der Waals surface area contributed by atoms with E-state index in [-0.39, 0.29) is 115 Å². The van der Waals surface area contributed by atoms with Crippen molar-refractivity contribution in [1.29, 1.82) is 0 Å². The zero-order valence-corrected chi connectivity index (χ0v) is 28.1. The normalized spacial score (nSPS) is 16.8. The van der Waals surface area contributed by atoms with Crippen LogP contribution in [0.2, 0.25) is 0 Å². The number of hydrogen-bond donors (Lipinski definition) is 5. The molecule has 276 valence electrons. The topological polar surface area (TPSA) is 236 Å². The van der Waals surface area contributed by atoms with Crippen LogP contribution < -0.4 is 21.5 Å². The van der Waals surface area contributed by atoms with Gasteiger partial charge in [0, 0.05) is 71.9 Å². The Balaban J connectivity index is 1.96. The van der Waals surface area contributed by atoms with Crippen molar-refractivity contribution in [2.45, 2.75) is 32.2 Å². The van der Waals surface area contributed by atoms with Gasteiger partial charge in [-0.2, -0.15) is 0 Å². The molecule has 18 nitrogen and oxygen atoms in total. The van der Waals surface area contributed by atoms with Crippen LogP contribution in [-0.2, 0) is 33.4 Å². The fraction of sp³-hybridized carbons (Fsp3) is 0.710. The molecule has 0 saturated carbocycles. The number of Topliss-reactive ketones (excluding diaryl/α,β-unsaturated/α-hetero) is 1. The lowest BCUT2D eigenvalue weighted by Gasteiger charge is -2.35. The molecule has 0 spiro atoms. The fourth-order valence-corrected chi connectivity index (χ4v) is 5.31. The van der Waals surface area contributed by atoms with Crippen molar-refractivity contribution in [3.8, 4) is 0 Å². The summed E-state index contributed by atoms with van der Waals surface area (Å²) < 4.78 is 10.6. The predicted octanol–water partition coefficient (Wildman–Crippen LogP) is -2.06. The Hall–Kier alpha value is -3.81. The third-order valence-corrected chi connectivity index (χ3v) is 8.09. The molecular weight excluding hydrogens is 648 g/mol. The molecule has 1 aliphatic heterocycles. The Morgan fingerprint density at radius 1 is 0.755 bits per heavy atom. The molecule has 49 heavy (non-hydrogen) atoms. The molecule has 1 heterocycles. The van der Waals surface area contributed by atoms with Crippen LogP contribution in [0.5, 0.6) is 0 Å². The molecule has 0 amide bonds. The summed E-state index contributed by atoms with van der Waals surface area (Å²) in [6, 6.07) is -0.954. The summed E-state index contributed by atoms with van der Waals surface area (Å²) >= 11 is 0. The minimum atomic E-state index is -1.08. The number of ether oxygens (including phenoxy) is 2. The minimum Gasteiger partial charge on any atom is -0.480 e. The van der Waals surface area contributed by atoms with Crippen LogP contribution >= 0.6 is 0 Å². The van der Waals surface area contributed by atoms with Crippen molar-refractivity contribution in [2.75, 3.05) is 122 Å². The number of carboxylic acids is 3. The van der Waals surface area contributed by atoms with Gasteiger partial charge in [0.2, 0.25) is 0 Å². The fourth-order valence-electron chi connectivity index (χ4n) is 5.31. The summed E-state index contributed by atoms with van der Waals surface area (Å²) in [5.74, 6) is -3.17. The number of carbonyl (C=O) groups excluding carboxylic acids is 2. The maximum absolute atomic E-state index is 12.4. The second-order valence-electron chi connectivity index (χ2n) is 11.7. The first-order valence-corrected chi connectivity index (χ1v) is 16.5. The Labute approximate surface area is 284 Å². The first-order valence-electron chi connectivity index (χ1n) is 16.5. The van der Waals surface area contributed by atoms with Gasteiger partial charge in [0.05, 0.1) is 39.5 Å². The molecule has 0 bridgehead atoms. The van der Waals surface area contributed by atoms with E-state index in [1.807, 2.05) is 4.90 Å². The van der Waals surface area contributed by atoms with Gasteiger partial charge in [-0.25, -0.2) is 0 Å². The number of carbonyl (C=O) groups is 5. The van der Waals surface area contributed by atoms with E-state index in [2.05, 4.69) is 10.6 Å². The number of anilines is 2. The molecule has 2 rings (SSSR count). The summed E-state index contributed by atoms with van der Waals surface area (Å²) in [5.41, 5.74) is -1.09. The summed E-state index contributed by atoms with van der Waals surface area (Å²) in [4.78, 5) is 89.1. The molecule has 18 heteroatoms. The third-order valence-electron chi connectivity index (χ3n) is 8.09. The standard InChI is InChI=1S/C31H50N6O12/c1-2-23(39)22-49-19-18-48-17-6-33-28-27(29(44)30(28)45)32-5-3-4-24(31(46)47)37-13-11-34(15-16-38)7-8-35(20-25(40)41)9-10-36(12-14-37)21-26(42)43/h16,24,32-33H,2-15,17-22H2,1H3,(H,40,41)(H,42,43)(H,46,47). The van der Waals surface area contributed by atoms with Crippen LogP contribution in [0.3, 0.4) is 0 Å². The van der Waals surface area contributed by atoms with Gasteiger partial charge in [0.1, 0.15) is 30.3 Å². The van der Waals surface area contributed by atoms with Gasteiger partial charge < -0.3 is 40.2 Å². The average Bonchev–Trinajstić information content (AvgIpc) is 3.05. The minimum absolute atomic E-state index is 0.00489. The summed E-state index contributed by atoms with van der Waals surface area (Å²) in [6.45, 7) is 4.77. The monoisotopic (exact) mass is 698 g/mol. The molecule has 0 radical (unpaired) electrons. The maximum Gasteiger partial charge on any atom is 0.320 e. The number of nitrogens with zero attached hydrogens (tertiary/aromatic N) is 4. The molecule has 1 unspecified atom stereocenters. The van der Waals surface area contributed by atoms with Gasteiger partial charge in [-0.15, -0.1) is 0 Å². The van der Waals surface area contributed by atoms with E-state index >= 15 is 0 Å². The molecule has 0 aliphatic carbocycles. The van der Waals surface area contributed by atoms with Crippen molar-refractivity contribution in [2.24, 2.45) is 0 Å². The Bertz CT molecular complexity index is 1290. The highest BCUT2D eigenvalue weighted by atomic mass is 16.5. The van der Waals surface area contributed by atoms with Crippen molar-refractivity contribution in [1.82, 2.24) is 19.6 Å². The summed E-state index contributed by atoms with van der Waals surface area (Å²) in [5, 5.41) is 34.7. The van der Waals surface area contributed by atoms with Crippen molar-refractivity contribution >= 4 is 41.4 Å². The predicted molar refractivity (Wildman–Crippen MR) is 178 cm³/mol. The van der Waals surface area contributed by atoms with E-state index in [0.717, 1.165) is 6.29 Å². The number of rotatable bonds is 23. The summed E-state index contributed by atoms with van der Waals surface area (Å²) in [7, 11) is 0. The zero-order chi connectivity index (χ0) is 36.2. The van der Waals surface area contributed by atoms with Gasteiger partial charge in [-0.3, -0.25) is 48.4 Å². The SMILES string of the molecule is CCC(=O)COCCOCCNc1c(NCCCC(C(=O)O)N2CCN(CC=O)CCN(CC(=O)O)CCN(CC(=O)O)CC2)c(=O)c1=O. The van der Waals surface area contributed by atoms with Crippen molar-refractivity contribution in [3.63, 3.8) is 0 Å². The lowest BCUT2D eigenvalue weighted by atomic mass is 10.1. The molecular formula is C31H50N6O12. The van der Waals surface area contributed by atoms with Crippen molar-refractivity contribution in [3.05, 3.63) is 20.4 Å². The quantitative estimate of drug-likeness (QED) is 0.0469. The number of aliphatic carboxylic acids is 3. The highest BCUT2D eigenvalue weighted by molar-refractivity contribution is 5.79. The first-order chi connectivity index (χ1) is 23.5. The van der Waals surface area contributed by atoms with Crippen molar-refractivity contribution < 1.29 is 48.8 Å². The largest absolute Gasteiger partial charge is 0.480 e. The lowest BCUT2D eigenvalue weighted by molar-refractivity contribution is -0.144. The van der Waals surface area contributed by atoms with Gasteiger partial charge in [0.15, 0.2) is 5.78 Å². The van der Waals surface area contributed by atoms with E-state index in [9.17, 15) is 48.9 Å². The first kappa shape index (κ1) is 41.4. The second-order valence-corrected chi connectivity index (χ2v) is 11.7. The molecule has 1 atom stereocenters. The molecule has 1 fully saturated rings. The number of ketones is 1. The maximum atomic E-state index is 12.4. The van der Waals surface area contributed by atoms with Crippen LogP contribution in [0, 0.1) is 0 Å². The molecule has 1 aliphatic rings. The van der Waals surface area contributed by atoms with Crippen LogP contribution in [0.25, 0.3) is 0 Å². The van der Waals surface area contributed by atoms with E-state index in [0.29, 0.717) is 32.5 Å². The van der Waals surface area contributed by atoms with Crippen LogP contribution in [0.4, 0.5) is 11.4 Å².